The number of alkyl halides is 1. The van der Waals surface area contributed by atoms with Crippen LogP contribution in [0.3, 0.4) is 0 Å². The van der Waals surface area contributed by atoms with Crippen molar-refractivity contribution in [2.45, 2.75) is 51.0 Å². The van der Waals surface area contributed by atoms with Crippen LogP contribution in [0, 0.1) is 0 Å². The van der Waals surface area contributed by atoms with E-state index in [0.29, 0.717) is 36.1 Å². The Balaban J connectivity index is 1.12. The molecule has 40 heavy (non-hydrogen) atoms. The molecule has 2 aliphatic rings. The second-order valence-electron chi connectivity index (χ2n) is 10.8. The van der Waals surface area contributed by atoms with E-state index < -0.39 is 6.17 Å². The monoisotopic (exact) mass is 540 g/mol. The summed E-state index contributed by atoms with van der Waals surface area (Å²) in [6.07, 6.45) is 5.97. The van der Waals surface area contributed by atoms with Gasteiger partial charge in [-0.3, -0.25) is 19.2 Å². The van der Waals surface area contributed by atoms with Gasteiger partial charge in [0.2, 0.25) is 0 Å². The zero-order valence-electron chi connectivity index (χ0n) is 22.4. The van der Waals surface area contributed by atoms with Gasteiger partial charge in [0, 0.05) is 43.3 Å². The first-order valence-electron chi connectivity index (χ1n) is 13.8. The van der Waals surface area contributed by atoms with Gasteiger partial charge < -0.3 is 15.6 Å². The first-order valence-corrected chi connectivity index (χ1v) is 13.8. The molecule has 0 aliphatic carbocycles. The number of fused-ring (bicyclic) bond motifs is 1. The minimum Gasteiger partial charge on any atom is -0.377 e. The van der Waals surface area contributed by atoms with Gasteiger partial charge in [0.25, 0.3) is 11.5 Å². The van der Waals surface area contributed by atoms with Crippen molar-refractivity contribution < 1.29 is 9.18 Å². The number of aromatic nitrogens is 3. The maximum atomic E-state index is 13.5. The maximum absolute atomic E-state index is 13.5. The van der Waals surface area contributed by atoms with Gasteiger partial charge in [0.1, 0.15) is 6.17 Å². The first kappa shape index (κ1) is 26.0. The van der Waals surface area contributed by atoms with Gasteiger partial charge in [0.05, 0.1) is 29.5 Å². The summed E-state index contributed by atoms with van der Waals surface area (Å²) in [6, 6.07) is 17.8. The lowest BCUT2D eigenvalue weighted by Gasteiger charge is -2.28. The second kappa shape index (κ2) is 11.1. The summed E-state index contributed by atoms with van der Waals surface area (Å²) >= 11 is 0. The summed E-state index contributed by atoms with van der Waals surface area (Å²) in [5.74, 6) is -0.298. The van der Waals surface area contributed by atoms with Crippen LogP contribution in [0.2, 0.25) is 0 Å². The lowest BCUT2D eigenvalue weighted by Crippen LogP contribution is -2.33. The topological polar surface area (TPSA) is 95.0 Å². The van der Waals surface area contributed by atoms with Crippen LogP contribution < -0.4 is 16.2 Å². The highest BCUT2D eigenvalue weighted by molar-refractivity contribution is 6.03. The van der Waals surface area contributed by atoms with Gasteiger partial charge in [-0.15, -0.1) is 0 Å². The van der Waals surface area contributed by atoms with E-state index in [2.05, 4.69) is 43.8 Å². The van der Waals surface area contributed by atoms with E-state index in [1.165, 1.54) is 11.8 Å². The van der Waals surface area contributed by atoms with Crippen molar-refractivity contribution in [3.63, 3.8) is 0 Å². The lowest BCUT2D eigenvalue weighted by molar-refractivity contribution is 0.102. The number of aromatic amines is 1. The zero-order valence-corrected chi connectivity index (χ0v) is 22.4. The standard InChI is InChI=1S/C31H33FN6O2/c1-20(22-5-3-2-4-6-22)38-19-24(16-34-38)30(39)35-26-15-27(31(40)33-17-26)29-14-23-13-21(7-8-28(23)36-29)18-37-11-9-25(32)10-12-37/h2-8,13,15-17,19-20,25,29,36H,9-12,14,18H2,1H3,(H,33,40)(H,35,39). The van der Waals surface area contributed by atoms with Crippen LogP contribution in [0.15, 0.2) is 78.0 Å². The highest BCUT2D eigenvalue weighted by Crippen LogP contribution is 2.34. The van der Waals surface area contributed by atoms with Crippen molar-refractivity contribution in [2.24, 2.45) is 0 Å². The van der Waals surface area contributed by atoms with E-state index >= 15 is 0 Å². The van der Waals surface area contributed by atoms with Gasteiger partial charge in [0.15, 0.2) is 0 Å². The molecule has 1 fully saturated rings. The van der Waals surface area contributed by atoms with Crippen molar-refractivity contribution in [3.05, 3.63) is 111 Å². The Hall–Kier alpha value is -4.24. The fourth-order valence-electron chi connectivity index (χ4n) is 5.61. The lowest BCUT2D eigenvalue weighted by atomic mass is 10.0. The first-order chi connectivity index (χ1) is 19.4. The number of anilines is 2. The van der Waals surface area contributed by atoms with Crippen LogP contribution in [0.5, 0.6) is 0 Å². The normalized spacial score (nSPS) is 18.2. The molecule has 2 unspecified atom stereocenters. The van der Waals surface area contributed by atoms with Crippen LogP contribution in [-0.4, -0.2) is 44.8 Å². The molecule has 2 atom stereocenters. The third-order valence-corrected chi connectivity index (χ3v) is 7.95. The quantitative estimate of drug-likeness (QED) is 0.304. The predicted octanol–water partition coefficient (Wildman–Crippen LogP) is 5.08. The molecule has 1 amide bonds. The number of carbonyl (C=O) groups is 1. The van der Waals surface area contributed by atoms with Crippen molar-refractivity contribution in [3.8, 4) is 0 Å². The van der Waals surface area contributed by atoms with E-state index in [1.807, 2.05) is 37.3 Å². The van der Waals surface area contributed by atoms with Crippen LogP contribution in [0.1, 0.15) is 64.5 Å². The van der Waals surface area contributed by atoms with Gasteiger partial charge in [-0.1, -0.05) is 42.5 Å². The minimum atomic E-state index is -0.680. The third kappa shape index (κ3) is 5.56. The Bertz CT molecular complexity index is 1560. The molecule has 6 rings (SSSR count). The van der Waals surface area contributed by atoms with Crippen molar-refractivity contribution >= 4 is 17.3 Å². The molecule has 8 nitrogen and oxygen atoms in total. The van der Waals surface area contributed by atoms with Gasteiger partial charge >= 0.3 is 0 Å². The smallest absolute Gasteiger partial charge is 0.258 e. The number of benzene rings is 2. The van der Waals surface area contributed by atoms with Gasteiger partial charge in [-0.05, 0) is 55.0 Å². The number of pyridine rings is 1. The van der Waals surface area contributed by atoms with Crippen molar-refractivity contribution in [1.82, 2.24) is 19.7 Å². The van der Waals surface area contributed by atoms with E-state index in [4.69, 9.17) is 0 Å². The number of likely N-dealkylation sites (tertiary alicyclic amines) is 1. The average Bonchev–Trinajstić information content (AvgIpc) is 3.63. The number of H-pyrrole nitrogens is 1. The molecule has 2 aliphatic heterocycles. The average molecular weight is 541 g/mol. The molecule has 2 aromatic heterocycles. The van der Waals surface area contributed by atoms with Crippen LogP contribution >= 0.6 is 0 Å². The fraction of sp³-hybridized carbons (Fsp3) is 0.323. The van der Waals surface area contributed by atoms with Crippen LogP contribution in [0.4, 0.5) is 15.8 Å². The number of hydrogen-bond donors (Lipinski definition) is 3. The zero-order chi connectivity index (χ0) is 27.6. The third-order valence-electron chi connectivity index (χ3n) is 7.95. The van der Waals surface area contributed by atoms with Crippen LogP contribution in [-0.2, 0) is 13.0 Å². The molecule has 206 valence electrons. The number of nitrogens with one attached hydrogen (secondary N) is 3. The molecule has 4 aromatic rings. The Labute approximate surface area is 232 Å². The molecule has 0 radical (unpaired) electrons. The Morgan fingerprint density at radius 1 is 1.15 bits per heavy atom. The molecular weight excluding hydrogens is 507 g/mol. The summed E-state index contributed by atoms with van der Waals surface area (Å²) in [5.41, 5.74) is 5.76. The number of carbonyl (C=O) groups excluding carboxylic acids is 1. The second-order valence-corrected chi connectivity index (χ2v) is 10.8. The highest BCUT2D eigenvalue weighted by atomic mass is 19.1. The molecular formula is C31H33FN6O2. The van der Waals surface area contributed by atoms with Gasteiger partial charge in [-0.25, -0.2) is 4.39 Å². The summed E-state index contributed by atoms with van der Waals surface area (Å²) in [7, 11) is 0. The summed E-state index contributed by atoms with van der Waals surface area (Å²) in [4.78, 5) is 30.8. The summed E-state index contributed by atoms with van der Waals surface area (Å²) in [6.45, 7) is 4.38. The Morgan fingerprint density at radius 2 is 1.95 bits per heavy atom. The van der Waals surface area contributed by atoms with E-state index in [1.54, 1.807) is 23.1 Å². The molecule has 4 heterocycles. The summed E-state index contributed by atoms with van der Waals surface area (Å²) in [5, 5.41) is 10.7. The fourth-order valence-corrected chi connectivity index (χ4v) is 5.61. The highest BCUT2D eigenvalue weighted by Gasteiger charge is 2.26. The number of hydrogen-bond acceptors (Lipinski definition) is 5. The minimum absolute atomic E-state index is 0.0135. The Kier molecular flexibility index (Phi) is 7.21. The largest absolute Gasteiger partial charge is 0.377 e. The molecule has 3 N–H and O–H groups in total. The van der Waals surface area contributed by atoms with E-state index in [-0.39, 0.29) is 23.6 Å². The summed E-state index contributed by atoms with van der Waals surface area (Å²) < 4.78 is 15.3. The number of amides is 1. The SMILES string of the molecule is CC(c1ccccc1)n1cc(C(=O)Nc2c[nH]c(=O)c(C3Cc4cc(CN5CCC(F)CC5)ccc4N3)c2)cn1. The van der Waals surface area contributed by atoms with E-state index in [0.717, 1.165) is 36.4 Å². The van der Waals surface area contributed by atoms with Gasteiger partial charge in [-0.2, -0.15) is 5.10 Å². The number of piperidine rings is 1. The molecule has 1 saturated heterocycles. The molecule has 9 heteroatoms. The molecule has 0 bridgehead atoms. The molecule has 2 aromatic carbocycles. The molecule has 0 spiro atoms. The number of halogens is 1. The Morgan fingerprint density at radius 3 is 2.75 bits per heavy atom. The number of nitrogens with zero attached hydrogens (tertiary/aromatic N) is 3. The van der Waals surface area contributed by atoms with Crippen molar-refractivity contribution in [2.75, 3.05) is 23.7 Å². The predicted molar refractivity (Wildman–Crippen MR) is 153 cm³/mol. The molecule has 0 saturated carbocycles. The number of rotatable bonds is 7. The maximum Gasteiger partial charge on any atom is 0.258 e. The van der Waals surface area contributed by atoms with Crippen LogP contribution in [0.25, 0.3) is 0 Å². The van der Waals surface area contributed by atoms with Crippen molar-refractivity contribution in [1.29, 1.82) is 0 Å². The van der Waals surface area contributed by atoms with E-state index in [9.17, 15) is 14.0 Å².